The van der Waals surface area contributed by atoms with Crippen LogP contribution in [0.5, 0.6) is 0 Å². The molecule has 0 radical (unpaired) electrons. The van der Waals surface area contributed by atoms with Crippen LogP contribution in [0.15, 0.2) is 65.9 Å². The van der Waals surface area contributed by atoms with Gasteiger partial charge in [-0.2, -0.15) is 0 Å². The predicted octanol–water partition coefficient (Wildman–Crippen LogP) is 4.47. The molecule has 0 aromatic heterocycles. The second kappa shape index (κ2) is 7.11. The van der Waals surface area contributed by atoms with E-state index >= 15 is 0 Å². The minimum atomic E-state index is -0.536. The molecule has 1 atom stereocenters. The summed E-state index contributed by atoms with van der Waals surface area (Å²) in [6.07, 6.45) is 0. The number of hydrogen-bond acceptors (Lipinski definition) is 2. The summed E-state index contributed by atoms with van der Waals surface area (Å²) in [6, 6.07) is 16.2. The number of hydrogen-bond donors (Lipinski definition) is 1. The van der Waals surface area contributed by atoms with Crippen LogP contribution >= 0.6 is 11.6 Å². The van der Waals surface area contributed by atoms with E-state index in [1.165, 1.54) is 6.92 Å². The van der Waals surface area contributed by atoms with Crippen molar-refractivity contribution in [2.45, 2.75) is 26.4 Å². The first-order valence-corrected chi connectivity index (χ1v) is 8.45. The minimum Gasteiger partial charge on any atom is -0.327 e. The Bertz CT molecular complexity index is 846. The number of carbonyl (C=O) groups excluding carboxylic acids is 2. The lowest BCUT2D eigenvalue weighted by Crippen LogP contribution is -2.47. The van der Waals surface area contributed by atoms with Crippen LogP contribution < -0.4 is 5.32 Å². The molecule has 2 amide bonds. The summed E-state index contributed by atoms with van der Waals surface area (Å²) < 4.78 is 0. The Morgan fingerprint density at radius 2 is 1.76 bits per heavy atom. The molecule has 1 N–H and O–H groups in total. The Kier molecular flexibility index (Phi) is 4.91. The van der Waals surface area contributed by atoms with E-state index in [0.29, 0.717) is 22.8 Å². The lowest BCUT2D eigenvalue weighted by atomic mass is 9.92. The van der Waals surface area contributed by atoms with E-state index in [9.17, 15) is 9.59 Å². The number of carbonyl (C=O) groups is 2. The lowest BCUT2D eigenvalue weighted by molar-refractivity contribution is -0.114. The lowest BCUT2D eigenvalue weighted by Gasteiger charge is -2.36. The van der Waals surface area contributed by atoms with Crippen LogP contribution in [-0.2, 0) is 11.3 Å². The summed E-state index contributed by atoms with van der Waals surface area (Å²) in [6.45, 7) is 3.73. The molecule has 0 fully saturated rings. The van der Waals surface area contributed by atoms with Crippen LogP contribution in [0.2, 0.25) is 5.02 Å². The van der Waals surface area contributed by atoms with Crippen LogP contribution in [0.1, 0.15) is 31.0 Å². The van der Waals surface area contributed by atoms with Crippen LogP contribution in [0.3, 0.4) is 0 Å². The predicted molar refractivity (Wildman–Crippen MR) is 98.1 cm³/mol. The zero-order chi connectivity index (χ0) is 18.0. The van der Waals surface area contributed by atoms with Crippen molar-refractivity contribution in [1.29, 1.82) is 0 Å². The van der Waals surface area contributed by atoms with E-state index in [1.807, 2.05) is 55.5 Å². The molecule has 0 bridgehead atoms. The highest BCUT2D eigenvalue weighted by atomic mass is 35.5. The summed E-state index contributed by atoms with van der Waals surface area (Å²) in [7, 11) is 0. The Hall–Kier alpha value is -2.59. The fourth-order valence-corrected chi connectivity index (χ4v) is 3.38. The van der Waals surface area contributed by atoms with Crippen molar-refractivity contribution in [1.82, 2.24) is 10.2 Å². The molecular weight excluding hydrogens is 336 g/mol. The van der Waals surface area contributed by atoms with Crippen molar-refractivity contribution in [2.24, 2.45) is 0 Å². The number of allylic oxidation sites excluding steroid dienone is 1. The van der Waals surface area contributed by atoms with Gasteiger partial charge >= 0.3 is 6.03 Å². The van der Waals surface area contributed by atoms with Gasteiger partial charge in [-0.1, -0.05) is 60.1 Å². The van der Waals surface area contributed by atoms with Crippen LogP contribution in [0.25, 0.3) is 0 Å². The molecule has 25 heavy (non-hydrogen) atoms. The maximum atomic E-state index is 12.7. The summed E-state index contributed by atoms with van der Waals surface area (Å²) >= 11 is 6.29. The number of halogens is 1. The number of rotatable bonds is 4. The smallest absolute Gasteiger partial charge is 0.322 e. The number of nitrogens with zero attached hydrogens (tertiary/aromatic N) is 1. The van der Waals surface area contributed by atoms with E-state index in [2.05, 4.69) is 5.32 Å². The Balaban J connectivity index is 2.03. The van der Waals surface area contributed by atoms with Crippen molar-refractivity contribution < 1.29 is 9.59 Å². The van der Waals surface area contributed by atoms with Crippen molar-refractivity contribution in [3.05, 3.63) is 82.0 Å². The number of ketones is 1. The molecule has 2 aromatic rings. The van der Waals surface area contributed by atoms with Crippen LogP contribution in [0.4, 0.5) is 4.79 Å². The molecule has 0 aliphatic carbocycles. The van der Waals surface area contributed by atoms with E-state index in [0.717, 1.165) is 11.1 Å². The SMILES string of the molecule is CC(=O)C1=C(C)N(Cc2ccccc2)C(=O)NC1c1ccccc1Cl. The average molecular weight is 355 g/mol. The maximum absolute atomic E-state index is 12.7. The van der Waals surface area contributed by atoms with Gasteiger partial charge in [-0.05, 0) is 31.0 Å². The number of benzene rings is 2. The molecular formula is C20H19ClN2O2. The van der Waals surface area contributed by atoms with Gasteiger partial charge in [-0.15, -0.1) is 0 Å². The minimum absolute atomic E-state index is 0.0829. The molecule has 1 aliphatic heterocycles. The third-order valence-corrected chi connectivity index (χ3v) is 4.72. The highest BCUT2D eigenvalue weighted by Gasteiger charge is 2.34. The summed E-state index contributed by atoms with van der Waals surface area (Å²) in [4.78, 5) is 26.6. The fourth-order valence-electron chi connectivity index (χ4n) is 3.14. The van der Waals surface area contributed by atoms with Gasteiger partial charge in [0.15, 0.2) is 5.78 Å². The molecule has 1 heterocycles. The van der Waals surface area contributed by atoms with Gasteiger partial charge in [0.05, 0.1) is 12.6 Å². The van der Waals surface area contributed by atoms with Gasteiger partial charge in [0.25, 0.3) is 0 Å². The number of amides is 2. The van der Waals surface area contributed by atoms with Crippen molar-refractivity contribution in [2.75, 3.05) is 0 Å². The highest BCUT2D eigenvalue weighted by molar-refractivity contribution is 6.31. The zero-order valence-electron chi connectivity index (χ0n) is 14.1. The summed E-state index contributed by atoms with van der Waals surface area (Å²) in [5.74, 6) is -0.0829. The zero-order valence-corrected chi connectivity index (χ0v) is 14.9. The first-order valence-electron chi connectivity index (χ1n) is 8.07. The molecule has 0 spiro atoms. The van der Waals surface area contributed by atoms with E-state index in [1.54, 1.807) is 11.0 Å². The third kappa shape index (κ3) is 3.44. The van der Waals surface area contributed by atoms with Crippen molar-refractivity contribution >= 4 is 23.4 Å². The average Bonchev–Trinajstić information content (AvgIpc) is 2.59. The Morgan fingerprint density at radius 1 is 1.12 bits per heavy atom. The van der Waals surface area contributed by atoms with Gasteiger partial charge in [0.1, 0.15) is 0 Å². The molecule has 0 saturated heterocycles. The quantitative estimate of drug-likeness (QED) is 0.880. The van der Waals surface area contributed by atoms with Gasteiger partial charge in [0, 0.05) is 16.3 Å². The standard InChI is InChI=1S/C20H19ClN2O2/c1-13-18(14(2)24)19(16-10-6-7-11-17(16)21)22-20(25)23(13)12-15-8-4-3-5-9-15/h3-11,19H,12H2,1-2H3,(H,22,25). The molecule has 128 valence electrons. The number of Topliss-reactive ketones (excluding diaryl/α,β-unsaturated/α-hetero) is 1. The highest BCUT2D eigenvalue weighted by Crippen LogP contribution is 2.34. The summed E-state index contributed by atoms with van der Waals surface area (Å²) in [5, 5.41) is 3.45. The van der Waals surface area contributed by atoms with Crippen molar-refractivity contribution in [3.8, 4) is 0 Å². The van der Waals surface area contributed by atoms with E-state index in [4.69, 9.17) is 11.6 Å². The normalized spacial score (nSPS) is 17.5. The van der Waals surface area contributed by atoms with Crippen LogP contribution in [-0.4, -0.2) is 16.7 Å². The maximum Gasteiger partial charge on any atom is 0.322 e. The molecule has 5 heteroatoms. The molecule has 1 unspecified atom stereocenters. The van der Waals surface area contributed by atoms with Gasteiger partial charge < -0.3 is 5.32 Å². The van der Waals surface area contributed by atoms with Gasteiger partial charge in [0.2, 0.25) is 0 Å². The first-order chi connectivity index (χ1) is 12.0. The monoisotopic (exact) mass is 354 g/mol. The molecule has 2 aromatic carbocycles. The fraction of sp³-hybridized carbons (Fsp3) is 0.200. The van der Waals surface area contributed by atoms with E-state index in [-0.39, 0.29) is 11.8 Å². The van der Waals surface area contributed by atoms with Gasteiger partial charge in [-0.3, -0.25) is 9.69 Å². The Morgan fingerprint density at radius 3 is 2.40 bits per heavy atom. The topological polar surface area (TPSA) is 49.4 Å². The molecule has 4 nitrogen and oxygen atoms in total. The van der Waals surface area contributed by atoms with E-state index < -0.39 is 6.04 Å². The third-order valence-electron chi connectivity index (χ3n) is 4.38. The van der Waals surface area contributed by atoms with Gasteiger partial charge in [-0.25, -0.2) is 4.79 Å². The second-order valence-electron chi connectivity index (χ2n) is 6.03. The second-order valence-corrected chi connectivity index (χ2v) is 6.44. The molecule has 3 rings (SSSR count). The number of nitrogens with one attached hydrogen (secondary N) is 1. The Labute approximate surface area is 152 Å². The molecule has 0 saturated carbocycles. The molecule has 1 aliphatic rings. The first kappa shape index (κ1) is 17.2. The van der Waals surface area contributed by atoms with Crippen molar-refractivity contribution in [3.63, 3.8) is 0 Å². The van der Waals surface area contributed by atoms with Crippen LogP contribution in [0, 0.1) is 0 Å². The number of urea groups is 1. The largest absolute Gasteiger partial charge is 0.327 e. The summed E-state index contributed by atoms with van der Waals surface area (Å²) in [5.41, 5.74) is 2.94.